The van der Waals surface area contributed by atoms with Gasteiger partial charge in [-0.25, -0.2) is 8.42 Å². The molecule has 0 aliphatic carbocycles. The summed E-state index contributed by atoms with van der Waals surface area (Å²) in [6, 6.07) is 4.77. The van der Waals surface area contributed by atoms with Crippen molar-refractivity contribution in [1.29, 1.82) is 0 Å². The van der Waals surface area contributed by atoms with Gasteiger partial charge in [-0.1, -0.05) is 6.92 Å². The number of piperazine rings is 1. The van der Waals surface area contributed by atoms with Crippen LogP contribution < -0.4 is 15.4 Å². The fourth-order valence-corrected chi connectivity index (χ4v) is 4.39. The van der Waals surface area contributed by atoms with Gasteiger partial charge in [0.15, 0.2) is 0 Å². The molecule has 1 aromatic rings. The molecule has 11 heteroatoms. The molecule has 3 N–H and O–H groups in total. The number of amides is 3. The molecule has 1 heterocycles. The van der Waals surface area contributed by atoms with Gasteiger partial charge in [-0.15, -0.1) is 0 Å². The van der Waals surface area contributed by atoms with E-state index < -0.39 is 16.1 Å². The molecule has 1 atom stereocenters. The van der Waals surface area contributed by atoms with E-state index in [9.17, 15) is 22.8 Å². The van der Waals surface area contributed by atoms with E-state index in [-0.39, 0.29) is 22.6 Å². The number of nitrogens with one attached hydrogen (secondary N) is 3. The van der Waals surface area contributed by atoms with Crippen LogP contribution in [0.2, 0.25) is 0 Å². The maximum absolute atomic E-state index is 12.7. The Kier molecular flexibility index (Phi) is 8.96. The van der Waals surface area contributed by atoms with Gasteiger partial charge in [-0.05, 0) is 37.6 Å². The smallest absolute Gasteiger partial charge is 0.241 e. The Balaban J connectivity index is 1.87. The Labute approximate surface area is 183 Å². The highest BCUT2D eigenvalue weighted by atomic mass is 32.2. The molecule has 2 rings (SSSR count). The van der Waals surface area contributed by atoms with Crippen molar-refractivity contribution in [1.82, 2.24) is 19.8 Å². The van der Waals surface area contributed by atoms with Crippen molar-refractivity contribution in [3.8, 4) is 0 Å². The maximum atomic E-state index is 12.7. The molecule has 1 aromatic carbocycles. The summed E-state index contributed by atoms with van der Waals surface area (Å²) in [5.74, 6) is -0.601. The van der Waals surface area contributed by atoms with Crippen LogP contribution in [0.5, 0.6) is 0 Å². The van der Waals surface area contributed by atoms with Crippen molar-refractivity contribution in [2.75, 3.05) is 44.6 Å². The Morgan fingerprint density at radius 3 is 2.23 bits per heavy atom. The number of hydrogen-bond donors (Lipinski definition) is 3. The molecule has 0 spiro atoms. The topological polar surface area (TPSA) is 128 Å². The number of hydrogen-bond acceptors (Lipinski definition) is 6. The van der Waals surface area contributed by atoms with Gasteiger partial charge in [0, 0.05) is 45.3 Å². The minimum Gasteiger partial charge on any atom is -0.355 e. The Morgan fingerprint density at radius 2 is 1.68 bits per heavy atom. The molecular weight excluding hydrogens is 422 g/mol. The number of sulfonamides is 1. The van der Waals surface area contributed by atoms with E-state index in [1.54, 1.807) is 4.90 Å². The summed E-state index contributed by atoms with van der Waals surface area (Å²) in [5.41, 5.74) is 0.483. The fraction of sp³-hybridized carbons (Fsp3) is 0.550. The average molecular weight is 454 g/mol. The van der Waals surface area contributed by atoms with Crippen molar-refractivity contribution in [2.24, 2.45) is 0 Å². The number of rotatable bonds is 9. The third-order valence-corrected chi connectivity index (χ3v) is 6.37. The standard InChI is InChI=1S/C20H31N5O5S/c1-4-9-21-19(27)14-24-10-12-25(13-11-24)20(28)15(2)23-31(29,30)18-7-5-17(6-8-18)22-16(3)26/h5-8,15,23H,4,9-14H2,1-3H3,(H,21,27)(H,22,26)/t15-/m0/s1. The van der Waals surface area contributed by atoms with Gasteiger partial charge >= 0.3 is 0 Å². The van der Waals surface area contributed by atoms with Crippen LogP contribution in [0.15, 0.2) is 29.2 Å². The van der Waals surface area contributed by atoms with Crippen molar-refractivity contribution < 1.29 is 22.8 Å². The third-order valence-electron chi connectivity index (χ3n) is 4.81. The molecule has 0 saturated carbocycles. The van der Waals surface area contributed by atoms with Gasteiger partial charge in [0.05, 0.1) is 17.5 Å². The molecule has 10 nitrogen and oxygen atoms in total. The van der Waals surface area contributed by atoms with Crippen LogP contribution >= 0.6 is 0 Å². The summed E-state index contributed by atoms with van der Waals surface area (Å²) in [6.45, 7) is 7.75. The molecule has 0 unspecified atom stereocenters. The van der Waals surface area contributed by atoms with Gasteiger partial charge in [0.25, 0.3) is 0 Å². The zero-order valence-electron chi connectivity index (χ0n) is 18.2. The number of benzene rings is 1. The quantitative estimate of drug-likeness (QED) is 0.482. The predicted octanol–water partition coefficient (Wildman–Crippen LogP) is -0.0178. The second-order valence-corrected chi connectivity index (χ2v) is 9.21. The van der Waals surface area contributed by atoms with Crippen LogP contribution in [0, 0.1) is 0 Å². The predicted molar refractivity (Wildman–Crippen MR) is 117 cm³/mol. The first kappa shape index (κ1) is 24.8. The van der Waals surface area contributed by atoms with Crippen LogP contribution in [0.25, 0.3) is 0 Å². The lowest BCUT2D eigenvalue weighted by Gasteiger charge is -2.35. The maximum Gasteiger partial charge on any atom is 0.241 e. The Bertz CT molecular complexity index is 880. The van der Waals surface area contributed by atoms with Crippen molar-refractivity contribution in [3.05, 3.63) is 24.3 Å². The summed E-state index contributed by atoms with van der Waals surface area (Å²) in [5, 5.41) is 5.39. The average Bonchev–Trinajstić information content (AvgIpc) is 2.72. The second kappa shape index (κ2) is 11.2. The number of nitrogens with zero attached hydrogens (tertiary/aromatic N) is 2. The van der Waals surface area contributed by atoms with Gasteiger partial charge in [0.2, 0.25) is 27.7 Å². The number of carbonyl (C=O) groups excluding carboxylic acids is 3. The molecule has 1 aliphatic heterocycles. The van der Waals surface area contributed by atoms with Crippen molar-refractivity contribution >= 4 is 33.4 Å². The molecule has 172 valence electrons. The Hall–Kier alpha value is -2.50. The minimum absolute atomic E-state index is 0.00385. The van der Waals surface area contributed by atoms with Crippen LogP contribution in [0.1, 0.15) is 27.2 Å². The van der Waals surface area contributed by atoms with E-state index in [0.717, 1.165) is 6.42 Å². The van der Waals surface area contributed by atoms with Crippen LogP contribution in [-0.2, 0) is 24.4 Å². The molecule has 31 heavy (non-hydrogen) atoms. The highest BCUT2D eigenvalue weighted by molar-refractivity contribution is 7.89. The molecular formula is C20H31N5O5S. The van der Waals surface area contributed by atoms with Gasteiger partial charge < -0.3 is 15.5 Å². The van der Waals surface area contributed by atoms with E-state index in [4.69, 9.17) is 0 Å². The van der Waals surface area contributed by atoms with E-state index >= 15 is 0 Å². The number of carbonyl (C=O) groups is 3. The largest absolute Gasteiger partial charge is 0.355 e. The highest BCUT2D eigenvalue weighted by Crippen LogP contribution is 2.15. The first-order valence-corrected chi connectivity index (χ1v) is 11.8. The molecule has 1 fully saturated rings. The first-order chi connectivity index (χ1) is 14.6. The summed E-state index contributed by atoms with van der Waals surface area (Å²) >= 11 is 0. The summed E-state index contributed by atoms with van der Waals surface area (Å²) in [6.07, 6.45) is 0.876. The minimum atomic E-state index is -3.90. The zero-order chi connectivity index (χ0) is 23.0. The lowest BCUT2D eigenvalue weighted by Crippen LogP contribution is -2.55. The highest BCUT2D eigenvalue weighted by Gasteiger charge is 2.28. The monoisotopic (exact) mass is 453 g/mol. The number of anilines is 1. The molecule has 0 radical (unpaired) electrons. The second-order valence-electron chi connectivity index (χ2n) is 7.50. The molecule has 3 amide bonds. The van der Waals surface area contributed by atoms with Crippen LogP contribution in [0.4, 0.5) is 5.69 Å². The summed E-state index contributed by atoms with van der Waals surface area (Å²) in [7, 11) is -3.90. The van der Waals surface area contributed by atoms with Crippen molar-refractivity contribution in [2.45, 2.75) is 38.1 Å². The van der Waals surface area contributed by atoms with Gasteiger partial charge in [-0.3, -0.25) is 19.3 Å². The molecule has 1 saturated heterocycles. The summed E-state index contributed by atoms with van der Waals surface area (Å²) < 4.78 is 27.6. The lowest BCUT2D eigenvalue weighted by atomic mass is 10.2. The SMILES string of the molecule is CCCNC(=O)CN1CCN(C(=O)[C@H](C)NS(=O)(=O)c2ccc(NC(C)=O)cc2)CC1. The van der Waals surface area contributed by atoms with E-state index in [1.165, 1.54) is 38.1 Å². The van der Waals surface area contributed by atoms with Gasteiger partial charge in [-0.2, -0.15) is 4.72 Å². The summed E-state index contributed by atoms with van der Waals surface area (Å²) in [4.78, 5) is 39.2. The normalized spacial score (nSPS) is 15.9. The molecule has 0 aromatic heterocycles. The Morgan fingerprint density at radius 1 is 1.06 bits per heavy atom. The van der Waals surface area contributed by atoms with E-state index in [0.29, 0.717) is 45.0 Å². The molecule has 1 aliphatic rings. The zero-order valence-corrected chi connectivity index (χ0v) is 19.0. The fourth-order valence-electron chi connectivity index (χ4n) is 3.20. The van der Waals surface area contributed by atoms with Crippen molar-refractivity contribution in [3.63, 3.8) is 0 Å². The van der Waals surface area contributed by atoms with Gasteiger partial charge in [0.1, 0.15) is 0 Å². The first-order valence-electron chi connectivity index (χ1n) is 10.3. The third kappa shape index (κ3) is 7.60. The van der Waals surface area contributed by atoms with Crippen LogP contribution in [-0.4, -0.2) is 81.2 Å². The lowest BCUT2D eigenvalue weighted by molar-refractivity contribution is -0.134. The van der Waals surface area contributed by atoms with E-state index in [2.05, 4.69) is 15.4 Å². The van der Waals surface area contributed by atoms with Crippen LogP contribution in [0.3, 0.4) is 0 Å². The van der Waals surface area contributed by atoms with E-state index in [1.807, 2.05) is 11.8 Å². The molecule has 0 bridgehead atoms.